The second kappa shape index (κ2) is 4.75. The molecule has 0 aliphatic carbocycles. The first-order chi connectivity index (χ1) is 7.51. The van der Waals surface area contributed by atoms with Gasteiger partial charge in [0, 0.05) is 0 Å². The molecule has 0 N–H and O–H groups in total. The molecule has 1 atom stereocenters. The Morgan fingerprint density at radius 3 is 2.81 bits per heavy atom. The van der Waals surface area contributed by atoms with Crippen LogP contribution < -0.4 is 0 Å². The van der Waals surface area contributed by atoms with E-state index in [0.717, 1.165) is 0 Å². The van der Waals surface area contributed by atoms with Crippen LogP contribution in [0.3, 0.4) is 0 Å². The normalized spacial score (nSPS) is 13.6. The highest BCUT2D eigenvalue weighted by molar-refractivity contribution is 5.72. The summed E-state index contributed by atoms with van der Waals surface area (Å²) in [6.07, 6.45) is -0.0938. The number of esters is 1. The number of hydrogen-bond acceptors (Lipinski definition) is 3. The SMILES string of the molecule is COC(=O)CC(C)(C#N)c1cccc(F)c1. The van der Waals surface area contributed by atoms with E-state index in [9.17, 15) is 9.18 Å². The third kappa shape index (κ3) is 2.57. The maximum Gasteiger partial charge on any atom is 0.307 e. The molecule has 0 saturated carbocycles. The highest BCUT2D eigenvalue weighted by atomic mass is 19.1. The van der Waals surface area contributed by atoms with Crippen molar-refractivity contribution >= 4 is 5.97 Å². The van der Waals surface area contributed by atoms with E-state index in [1.165, 1.54) is 25.3 Å². The van der Waals surface area contributed by atoms with Crippen LogP contribution in [-0.4, -0.2) is 13.1 Å². The van der Waals surface area contributed by atoms with Gasteiger partial charge in [0.05, 0.1) is 25.0 Å². The minimum atomic E-state index is -1.06. The Morgan fingerprint density at radius 1 is 1.62 bits per heavy atom. The lowest BCUT2D eigenvalue weighted by Gasteiger charge is -2.20. The molecule has 16 heavy (non-hydrogen) atoms. The van der Waals surface area contributed by atoms with E-state index in [0.29, 0.717) is 5.56 Å². The molecule has 1 aromatic rings. The van der Waals surface area contributed by atoms with Gasteiger partial charge in [-0.3, -0.25) is 4.79 Å². The molecule has 0 aliphatic heterocycles. The van der Waals surface area contributed by atoms with E-state index >= 15 is 0 Å². The van der Waals surface area contributed by atoms with Gasteiger partial charge in [0.25, 0.3) is 0 Å². The summed E-state index contributed by atoms with van der Waals surface area (Å²) in [7, 11) is 1.26. The first-order valence-electron chi connectivity index (χ1n) is 4.76. The summed E-state index contributed by atoms with van der Waals surface area (Å²) in [4.78, 5) is 11.2. The topological polar surface area (TPSA) is 50.1 Å². The maximum atomic E-state index is 13.0. The van der Waals surface area contributed by atoms with Crippen LogP contribution >= 0.6 is 0 Å². The average molecular weight is 221 g/mol. The molecule has 0 fully saturated rings. The first-order valence-corrected chi connectivity index (χ1v) is 4.76. The number of hydrogen-bond donors (Lipinski definition) is 0. The lowest BCUT2D eigenvalue weighted by Crippen LogP contribution is -2.24. The van der Waals surface area contributed by atoms with Crippen LogP contribution in [0, 0.1) is 17.1 Å². The number of benzene rings is 1. The molecule has 1 unspecified atom stereocenters. The van der Waals surface area contributed by atoms with Crippen molar-refractivity contribution in [2.24, 2.45) is 0 Å². The van der Waals surface area contributed by atoms with E-state index in [4.69, 9.17) is 5.26 Å². The fourth-order valence-corrected chi connectivity index (χ4v) is 1.40. The van der Waals surface area contributed by atoms with Gasteiger partial charge in [-0.2, -0.15) is 5.26 Å². The number of nitriles is 1. The van der Waals surface area contributed by atoms with E-state index < -0.39 is 17.2 Å². The van der Waals surface area contributed by atoms with Gasteiger partial charge >= 0.3 is 5.97 Å². The van der Waals surface area contributed by atoms with E-state index in [-0.39, 0.29) is 6.42 Å². The largest absolute Gasteiger partial charge is 0.469 e. The summed E-state index contributed by atoms with van der Waals surface area (Å²) in [5.41, 5.74) is -0.588. The van der Waals surface area contributed by atoms with E-state index in [2.05, 4.69) is 4.74 Å². The molecule has 0 saturated heterocycles. The van der Waals surface area contributed by atoms with Gasteiger partial charge in [0.15, 0.2) is 0 Å². The summed E-state index contributed by atoms with van der Waals surface area (Å²) >= 11 is 0. The fraction of sp³-hybridized carbons (Fsp3) is 0.333. The number of nitrogens with zero attached hydrogens (tertiary/aromatic N) is 1. The van der Waals surface area contributed by atoms with Crippen molar-refractivity contribution in [2.75, 3.05) is 7.11 Å². The van der Waals surface area contributed by atoms with Crippen LogP contribution in [0.15, 0.2) is 24.3 Å². The molecule has 0 amide bonds. The van der Waals surface area contributed by atoms with Gasteiger partial charge in [0.1, 0.15) is 5.82 Å². The van der Waals surface area contributed by atoms with Gasteiger partial charge in [-0.05, 0) is 24.6 Å². The van der Waals surface area contributed by atoms with E-state index in [1.54, 1.807) is 13.0 Å². The minimum absolute atomic E-state index is 0.0938. The summed E-state index contributed by atoms with van der Waals surface area (Å²) in [6, 6.07) is 7.70. The minimum Gasteiger partial charge on any atom is -0.469 e. The van der Waals surface area contributed by atoms with Crippen LogP contribution in [0.2, 0.25) is 0 Å². The Kier molecular flexibility index (Phi) is 3.62. The third-order valence-corrected chi connectivity index (χ3v) is 2.43. The molecule has 1 rings (SSSR count). The van der Waals surface area contributed by atoms with Crippen molar-refractivity contribution < 1.29 is 13.9 Å². The van der Waals surface area contributed by atoms with Gasteiger partial charge < -0.3 is 4.74 Å². The molecule has 0 heterocycles. The van der Waals surface area contributed by atoms with Gasteiger partial charge in [0.2, 0.25) is 0 Å². The number of methoxy groups -OCH3 is 1. The lowest BCUT2D eigenvalue weighted by atomic mass is 9.81. The van der Waals surface area contributed by atoms with Crippen molar-refractivity contribution in [2.45, 2.75) is 18.8 Å². The molecule has 0 bridgehead atoms. The van der Waals surface area contributed by atoms with Crippen LogP contribution in [0.4, 0.5) is 4.39 Å². The number of carbonyl (C=O) groups is 1. The van der Waals surface area contributed by atoms with Gasteiger partial charge in [-0.25, -0.2) is 4.39 Å². The van der Waals surface area contributed by atoms with Crippen LogP contribution in [0.25, 0.3) is 0 Å². The van der Waals surface area contributed by atoms with Crippen molar-refractivity contribution in [1.82, 2.24) is 0 Å². The molecule has 4 heteroatoms. The Morgan fingerprint density at radius 2 is 2.31 bits per heavy atom. The Hall–Kier alpha value is -1.89. The molecule has 1 aromatic carbocycles. The zero-order valence-electron chi connectivity index (χ0n) is 9.16. The summed E-state index contributed by atoms with van der Waals surface area (Å²) in [5, 5.41) is 9.09. The number of ether oxygens (including phenoxy) is 1. The van der Waals surface area contributed by atoms with Gasteiger partial charge in [-0.15, -0.1) is 0 Å². The predicted molar refractivity (Wildman–Crippen MR) is 56.0 cm³/mol. The fourth-order valence-electron chi connectivity index (χ4n) is 1.40. The summed E-state index contributed by atoms with van der Waals surface area (Å²) in [5.74, 6) is -0.919. The number of halogens is 1. The molecular weight excluding hydrogens is 209 g/mol. The van der Waals surface area contributed by atoms with Crippen LogP contribution in [0.1, 0.15) is 18.9 Å². The zero-order valence-corrected chi connectivity index (χ0v) is 9.16. The first kappa shape index (κ1) is 12.2. The van der Waals surface area contributed by atoms with Crippen LogP contribution in [0.5, 0.6) is 0 Å². The maximum absolute atomic E-state index is 13.0. The Balaban J connectivity index is 3.06. The van der Waals surface area contributed by atoms with E-state index in [1.807, 2.05) is 6.07 Å². The number of carbonyl (C=O) groups excluding carboxylic acids is 1. The molecule has 0 radical (unpaired) electrons. The molecule has 84 valence electrons. The average Bonchev–Trinajstić information content (AvgIpc) is 2.28. The molecule has 0 aliphatic rings. The Labute approximate surface area is 93.5 Å². The predicted octanol–water partition coefficient (Wildman–Crippen LogP) is 2.17. The molecule has 0 aromatic heterocycles. The Bertz CT molecular complexity index is 439. The zero-order chi connectivity index (χ0) is 12.2. The quantitative estimate of drug-likeness (QED) is 0.735. The van der Waals surface area contributed by atoms with Crippen molar-refractivity contribution in [3.63, 3.8) is 0 Å². The monoisotopic (exact) mass is 221 g/mol. The standard InChI is InChI=1S/C12H12FNO2/c1-12(8-14,7-11(15)16-2)9-4-3-5-10(13)6-9/h3-6H,7H2,1-2H3. The lowest BCUT2D eigenvalue weighted by molar-refractivity contribution is -0.141. The smallest absolute Gasteiger partial charge is 0.307 e. The molecule has 0 spiro atoms. The second-order valence-corrected chi connectivity index (χ2v) is 3.71. The highest BCUT2D eigenvalue weighted by Gasteiger charge is 2.30. The second-order valence-electron chi connectivity index (χ2n) is 3.71. The molecule has 3 nitrogen and oxygen atoms in total. The number of rotatable bonds is 3. The van der Waals surface area contributed by atoms with Crippen molar-refractivity contribution in [1.29, 1.82) is 5.26 Å². The van der Waals surface area contributed by atoms with Crippen molar-refractivity contribution in [3.8, 4) is 6.07 Å². The van der Waals surface area contributed by atoms with Gasteiger partial charge in [-0.1, -0.05) is 12.1 Å². The van der Waals surface area contributed by atoms with Crippen molar-refractivity contribution in [3.05, 3.63) is 35.6 Å². The van der Waals surface area contributed by atoms with Crippen LogP contribution in [-0.2, 0) is 14.9 Å². The third-order valence-electron chi connectivity index (χ3n) is 2.43. The summed E-state index contributed by atoms with van der Waals surface area (Å²) < 4.78 is 17.5. The highest BCUT2D eigenvalue weighted by Crippen LogP contribution is 2.27. The summed E-state index contributed by atoms with van der Waals surface area (Å²) in [6.45, 7) is 1.58. The molecular formula is C12H12FNO2.